The van der Waals surface area contributed by atoms with E-state index in [0.29, 0.717) is 12.2 Å². The molecule has 0 radical (unpaired) electrons. The number of halogens is 2. The minimum Gasteiger partial charge on any atom is -0.460 e. The fourth-order valence-electron chi connectivity index (χ4n) is 1.51. The van der Waals surface area contributed by atoms with Gasteiger partial charge in [0.25, 0.3) is 0 Å². The number of esters is 1. The highest BCUT2D eigenvalue weighted by molar-refractivity contribution is 6.30. The van der Waals surface area contributed by atoms with Gasteiger partial charge < -0.3 is 9.72 Å². The van der Waals surface area contributed by atoms with E-state index < -0.39 is 11.8 Å². The molecule has 100 valence electrons. The predicted molar refractivity (Wildman–Crippen MR) is 66.6 cm³/mol. The maximum atomic E-state index is 13.0. The summed E-state index contributed by atoms with van der Waals surface area (Å²) >= 11 is 5.68. The summed E-state index contributed by atoms with van der Waals surface area (Å²) in [6, 6.07) is 4.37. The van der Waals surface area contributed by atoms with Crippen molar-refractivity contribution >= 4 is 17.6 Å². The number of hydrogen-bond donors (Lipinski definition) is 1. The summed E-state index contributed by atoms with van der Waals surface area (Å²) in [6.07, 6.45) is 0.367. The molecule has 1 heterocycles. The van der Waals surface area contributed by atoms with Gasteiger partial charge in [0.1, 0.15) is 11.6 Å². The van der Waals surface area contributed by atoms with Crippen LogP contribution in [0.5, 0.6) is 0 Å². The lowest BCUT2D eigenvalue weighted by atomic mass is 10.1. The highest BCUT2D eigenvalue weighted by Gasteiger charge is 2.13. The molecule has 7 heteroatoms. The summed E-state index contributed by atoms with van der Waals surface area (Å²) in [6.45, 7) is 1.97. The fraction of sp³-hybridized carbons (Fsp3) is 0.250. The molecule has 0 amide bonds. The van der Waals surface area contributed by atoms with Crippen LogP contribution in [0.1, 0.15) is 28.9 Å². The average molecular weight is 284 g/mol. The lowest BCUT2D eigenvalue weighted by molar-refractivity contribution is 0.0512. The van der Waals surface area contributed by atoms with E-state index in [-0.39, 0.29) is 17.5 Å². The van der Waals surface area contributed by atoms with Crippen molar-refractivity contribution in [3.63, 3.8) is 0 Å². The van der Waals surface area contributed by atoms with E-state index in [4.69, 9.17) is 16.3 Å². The van der Waals surface area contributed by atoms with E-state index >= 15 is 0 Å². The van der Waals surface area contributed by atoms with Crippen molar-refractivity contribution in [3.8, 4) is 0 Å². The van der Waals surface area contributed by atoms with Gasteiger partial charge >= 0.3 is 5.97 Å². The van der Waals surface area contributed by atoms with Crippen molar-refractivity contribution in [1.82, 2.24) is 15.2 Å². The molecule has 0 atom stereocenters. The third-order valence-electron chi connectivity index (χ3n) is 2.36. The topological polar surface area (TPSA) is 67.9 Å². The summed E-state index contributed by atoms with van der Waals surface area (Å²) in [7, 11) is 0. The number of benzene rings is 1. The second-order valence-electron chi connectivity index (χ2n) is 3.77. The maximum Gasteiger partial charge on any atom is 0.376 e. The number of carbonyl (C=O) groups is 1. The normalized spacial score (nSPS) is 10.5. The van der Waals surface area contributed by atoms with Gasteiger partial charge in [-0.1, -0.05) is 17.7 Å². The van der Waals surface area contributed by atoms with E-state index in [1.165, 1.54) is 12.1 Å². The summed E-state index contributed by atoms with van der Waals surface area (Å²) in [5, 5.41) is 7.55. The molecule has 1 aromatic carbocycles. The second kappa shape index (κ2) is 5.79. The Morgan fingerprint density at radius 3 is 2.95 bits per heavy atom. The van der Waals surface area contributed by atoms with Crippen LogP contribution in [-0.2, 0) is 11.2 Å². The van der Waals surface area contributed by atoms with Crippen LogP contribution in [0.25, 0.3) is 0 Å². The van der Waals surface area contributed by atoms with Crippen molar-refractivity contribution in [2.24, 2.45) is 0 Å². The van der Waals surface area contributed by atoms with E-state index in [0.717, 1.165) is 5.56 Å². The minimum atomic E-state index is -0.557. The van der Waals surface area contributed by atoms with Crippen LogP contribution < -0.4 is 0 Å². The Labute approximate surface area is 113 Å². The molecule has 0 fully saturated rings. The zero-order chi connectivity index (χ0) is 13.8. The van der Waals surface area contributed by atoms with Gasteiger partial charge in [-0.25, -0.2) is 9.18 Å². The lowest BCUT2D eigenvalue weighted by Gasteiger charge is -2.00. The summed E-state index contributed by atoms with van der Waals surface area (Å²) in [4.78, 5) is 14.1. The molecule has 0 bridgehead atoms. The van der Waals surface area contributed by atoms with Gasteiger partial charge in [-0.05, 0) is 24.6 Å². The van der Waals surface area contributed by atoms with E-state index in [1.54, 1.807) is 13.0 Å². The Bertz CT molecular complexity index is 600. The number of rotatable bonds is 4. The van der Waals surface area contributed by atoms with Crippen LogP contribution in [0.2, 0.25) is 5.02 Å². The Hall–Kier alpha value is -1.95. The van der Waals surface area contributed by atoms with Crippen molar-refractivity contribution < 1.29 is 13.9 Å². The number of carbonyl (C=O) groups excluding carboxylic acids is 1. The molecular formula is C12H11ClFN3O2. The van der Waals surface area contributed by atoms with Crippen molar-refractivity contribution in [2.45, 2.75) is 13.3 Å². The summed E-state index contributed by atoms with van der Waals surface area (Å²) in [5.74, 6) is -0.510. The number of hydrogen-bond acceptors (Lipinski definition) is 4. The Morgan fingerprint density at radius 1 is 1.47 bits per heavy atom. The smallest absolute Gasteiger partial charge is 0.376 e. The Balaban J connectivity index is 2.11. The number of aromatic nitrogens is 3. The maximum absolute atomic E-state index is 13.0. The SMILES string of the molecule is CCOC(=O)c1nnc(Cc2ccc(F)c(Cl)c2)[nH]1. The molecule has 19 heavy (non-hydrogen) atoms. The molecule has 5 nitrogen and oxygen atoms in total. The molecule has 0 saturated carbocycles. The van der Waals surface area contributed by atoms with Crippen molar-refractivity contribution in [1.29, 1.82) is 0 Å². The molecule has 0 aliphatic carbocycles. The largest absolute Gasteiger partial charge is 0.460 e. The van der Waals surface area contributed by atoms with Gasteiger partial charge in [-0.3, -0.25) is 0 Å². The average Bonchev–Trinajstić information content (AvgIpc) is 2.83. The first-order valence-electron chi connectivity index (χ1n) is 5.62. The molecule has 0 spiro atoms. The van der Waals surface area contributed by atoms with Gasteiger partial charge in [0.15, 0.2) is 0 Å². The first-order valence-corrected chi connectivity index (χ1v) is 6.00. The molecule has 1 aromatic heterocycles. The number of nitrogens with zero attached hydrogens (tertiary/aromatic N) is 2. The number of nitrogens with one attached hydrogen (secondary N) is 1. The van der Waals surface area contributed by atoms with Gasteiger partial charge in [-0.15, -0.1) is 10.2 Å². The first kappa shape index (κ1) is 13.5. The van der Waals surface area contributed by atoms with Crippen molar-refractivity contribution in [3.05, 3.63) is 46.3 Å². The van der Waals surface area contributed by atoms with Gasteiger partial charge in [0, 0.05) is 6.42 Å². The van der Waals surface area contributed by atoms with Crippen LogP contribution in [0.4, 0.5) is 4.39 Å². The Kier molecular flexibility index (Phi) is 4.11. The van der Waals surface area contributed by atoms with Gasteiger partial charge in [0.05, 0.1) is 11.6 Å². The second-order valence-corrected chi connectivity index (χ2v) is 4.17. The standard InChI is InChI=1S/C12H11ClFN3O2/c1-2-19-12(18)11-15-10(16-17-11)6-7-3-4-9(14)8(13)5-7/h3-5H,2,6H2,1H3,(H,15,16,17). The van der Waals surface area contributed by atoms with E-state index in [2.05, 4.69) is 15.2 Å². The highest BCUT2D eigenvalue weighted by Crippen LogP contribution is 2.17. The van der Waals surface area contributed by atoms with Gasteiger partial charge in [-0.2, -0.15) is 0 Å². The van der Waals surface area contributed by atoms with Gasteiger partial charge in [0.2, 0.25) is 5.82 Å². The zero-order valence-electron chi connectivity index (χ0n) is 10.1. The van der Waals surface area contributed by atoms with E-state index in [1.807, 2.05) is 0 Å². The zero-order valence-corrected chi connectivity index (χ0v) is 10.9. The molecule has 0 unspecified atom stereocenters. The van der Waals surface area contributed by atoms with Crippen LogP contribution >= 0.6 is 11.6 Å². The number of H-pyrrole nitrogens is 1. The fourth-order valence-corrected chi connectivity index (χ4v) is 1.71. The third-order valence-corrected chi connectivity index (χ3v) is 2.65. The predicted octanol–water partition coefficient (Wildman–Crippen LogP) is 2.36. The molecule has 0 aliphatic heterocycles. The monoisotopic (exact) mass is 283 g/mol. The lowest BCUT2D eigenvalue weighted by Crippen LogP contribution is -2.06. The highest BCUT2D eigenvalue weighted by atomic mass is 35.5. The molecular weight excluding hydrogens is 273 g/mol. The third kappa shape index (κ3) is 3.29. The van der Waals surface area contributed by atoms with Crippen LogP contribution in [0.15, 0.2) is 18.2 Å². The summed E-state index contributed by atoms with van der Waals surface area (Å²) < 4.78 is 17.8. The van der Waals surface area contributed by atoms with Crippen LogP contribution in [0, 0.1) is 5.82 Å². The molecule has 1 N–H and O–H groups in total. The quantitative estimate of drug-likeness (QED) is 0.875. The number of ether oxygens (including phenoxy) is 1. The van der Waals surface area contributed by atoms with Crippen LogP contribution in [0.3, 0.4) is 0 Å². The minimum absolute atomic E-state index is 0.0441. The van der Waals surface area contributed by atoms with E-state index in [9.17, 15) is 9.18 Å². The van der Waals surface area contributed by atoms with Crippen molar-refractivity contribution in [2.75, 3.05) is 6.61 Å². The van der Waals surface area contributed by atoms with Crippen LogP contribution in [-0.4, -0.2) is 27.8 Å². The molecule has 0 saturated heterocycles. The summed E-state index contributed by atoms with van der Waals surface area (Å²) in [5.41, 5.74) is 0.762. The molecule has 2 rings (SSSR count). The first-order chi connectivity index (χ1) is 9.10. The number of aromatic amines is 1. The molecule has 2 aromatic rings. The molecule has 0 aliphatic rings. The Morgan fingerprint density at radius 2 is 2.26 bits per heavy atom.